The summed E-state index contributed by atoms with van der Waals surface area (Å²) in [6.45, 7) is 2.89. The van der Waals surface area contributed by atoms with E-state index in [1.807, 2.05) is 17.9 Å². The van der Waals surface area contributed by atoms with E-state index in [1.54, 1.807) is 12.1 Å². The lowest BCUT2D eigenvalue weighted by Crippen LogP contribution is -2.53. The first kappa shape index (κ1) is 21.9. The highest BCUT2D eigenvalue weighted by Crippen LogP contribution is 2.30. The lowest BCUT2D eigenvalue weighted by molar-refractivity contribution is 0.0527. The van der Waals surface area contributed by atoms with E-state index < -0.39 is 24.2 Å². The number of hydrogen-bond donors (Lipinski definition) is 2. The van der Waals surface area contributed by atoms with Crippen LogP contribution >= 0.6 is 0 Å². The minimum atomic E-state index is -1.29. The molecule has 32 heavy (non-hydrogen) atoms. The molecule has 8 nitrogen and oxygen atoms in total. The summed E-state index contributed by atoms with van der Waals surface area (Å²) < 4.78 is 19.9. The first-order valence-electron chi connectivity index (χ1n) is 10.4. The quantitative estimate of drug-likeness (QED) is 0.684. The molecule has 0 unspecified atom stereocenters. The molecule has 0 bridgehead atoms. The van der Waals surface area contributed by atoms with Gasteiger partial charge in [-0.15, -0.1) is 0 Å². The van der Waals surface area contributed by atoms with Crippen molar-refractivity contribution >= 4 is 11.9 Å². The average Bonchev–Trinajstić information content (AvgIpc) is 3.17. The molecule has 1 amide bonds. The number of pyridine rings is 1. The molecule has 4 rings (SSSR count). The molecule has 1 saturated heterocycles. The number of β-amino-alcohol motifs (C(OH)–C–C–N with tert-alkyl or cyclic N) is 1. The summed E-state index contributed by atoms with van der Waals surface area (Å²) in [6.07, 6.45) is -0.434. The summed E-state index contributed by atoms with van der Waals surface area (Å²) in [5.41, 5.74) is 3.29. The highest BCUT2D eigenvalue weighted by Gasteiger charge is 2.32. The highest BCUT2D eigenvalue weighted by atomic mass is 19.1. The summed E-state index contributed by atoms with van der Waals surface area (Å²) >= 11 is 0. The molecule has 2 aliphatic rings. The van der Waals surface area contributed by atoms with Crippen molar-refractivity contribution in [2.45, 2.75) is 38.3 Å². The van der Waals surface area contributed by atoms with Crippen molar-refractivity contribution in [1.29, 1.82) is 5.26 Å². The fourth-order valence-corrected chi connectivity index (χ4v) is 4.21. The van der Waals surface area contributed by atoms with E-state index >= 15 is 0 Å². The molecule has 0 saturated carbocycles. The molecule has 1 fully saturated rings. The minimum absolute atomic E-state index is 0.0826. The monoisotopic (exact) mass is 438 g/mol. The molecule has 3 atom stereocenters. The third-order valence-electron chi connectivity index (χ3n) is 6.08. The minimum Gasteiger partial charge on any atom is -0.457 e. The van der Waals surface area contributed by atoms with Gasteiger partial charge in [0.2, 0.25) is 0 Å². The molecule has 0 spiro atoms. The van der Waals surface area contributed by atoms with Crippen LogP contribution in [0.2, 0.25) is 0 Å². The van der Waals surface area contributed by atoms with Gasteiger partial charge in [0.05, 0.1) is 23.3 Å². The van der Waals surface area contributed by atoms with Crippen molar-refractivity contribution in [3.8, 4) is 6.07 Å². The highest BCUT2D eigenvalue weighted by molar-refractivity contribution is 5.94. The topological polar surface area (TPSA) is 116 Å². The first-order valence-corrected chi connectivity index (χ1v) is 10.4. The number of amides is 1. The van der Waals surface area contributed by atoms with Gasteiger partial charge in [-0.1, -0.05) is 6.07 Å². The van der Waals surface area contributed by atoms with E-state index in [0.29, 0.717) is 24.1 Å². The van der Waals surface area contributed by atoms with E-state index in [1.165, 1.54) is 18.3 Å². The summed E-state index contributed by atoms with van der Waals surface area (Å²) in [5.74, 6) is -0.793. The number of ether oxygens (including phenoxy) is 1. The molecule has 2 aromatic rings. The van der Waals surface area contributed by atoms with Crippen molar-refractivity contribution in [1.82, 2.24) is 15.2 Å². The number of nitrogens with one attached hydrogen (secondary N) is 1. The average molecular weight is 438 g/mol. The lowest BCUT2D eigenvalue weighted by atomic mass is 9.94. The number of likely N-dealkylation sites (tertiary alicyclic amines) is 1. The Bertz CT molecular complexity index is 1080. The predicted molar refractivity (Wildman–Crippen MR) is 111 cm³/mol. The van der Waals surface area contributed by atoms with Crippen molar-refractivity contribution < 1.29 is 23.8 Å². The molecule has 0 radical (unpaired) electrons. The number of carbonyl (C=O) groups excluding carboxylic acids is 2. The molecule has 2 N–H and O–H groups in total. The number of aromatic nitrogens is 1. The van der Waals surface area contributed by atoms with E-state index in [9.17, 15) is 19.1 Å². The lowest BCUT2D eigenvalue weighted by Gasteiger charge is -2.36. The van der Waals surface area contributed by atoms with Crippen LogP contribution in [0.4, 0.5) is 4.39 Å². The predicted octanol–water partition coefficient (Wildman–Crippen LogP) is 1.81. The van der Waals surface area contributed by atoms with Crippen molar-refractivity contribution in [2.24, 2.45) is 0 Å². The molecule has 1 aromatic heterocycles. The van der Waals surface area contributed by atoms with Crippen LogP contribution in [0.3, 0.4) is 0 Å². The number of rotatable bonds is 5. The number of aliphatic hydroxyl groups is 1. The number of cyclic esters (lactones) is 1. The molecule has 9 heteroatoms. The maximum atomic E-state index is 14.8. The van der Waals surface area contributed by atoms with Crippen LogP contribution in [-0.4, -0.2) is 58.7 Å². The molecule has 1 aromatic carbocycles. The third-order valence-corrected chi connectivity index (χ3v) is 6.08. The van der Waals surface area contributed by atoms with E-state index in [4.69, 9.17) is 10.00 Å². The summed E-state index contributed by atoms with van der Waals surface area (Å²) in [5, 5.41) is 22.2. The number of carbonyl (C=O) groups is 2. The Balaban J connectivity index is 1.34. The van der Waals surface area contributed by atoms with Gasteiger partial charge in [0.1, 0.15) is 24.5 Å². The van der Waals surface area contributed by atoms with Gasteiger partial charge in [-0.05, 0) is 42.7 Å². The Morgan fingerprint density at radius 2 is 2.25 bits per heavy atom. The number of benzene rings is 1. The maximum absolute atomic E-state index is 14.8. The third kappa shape index (κ3) is 4.33. The molecular weight excluding hydrogens is 415 g/mol. The molecule has 3 heterocycles. The van der Waals surface area contributed by atoms with Crippen molar-refractivity contribution in [2.75, 3.05) is 19.6 Å². The molecule has 2 aliphatic heterocycles. The van der Waals surface area contributed by atoms with E-state index in [2.05, 4.69) is 10.3 Å². The van der Waals surface area contributed by atoms with Gasteiger partial charge < -0.3 is 15.2 Å². The molecule has 0 aliphatic carbocycles. The number of aliphatic hydroxyl groups excluding tert-OH is 1. The summed E-state index contributed by atoms with van der Waals surface area (Å²) in [4.78, 5) is 29.8. The summed E-state index contributed by atoms with van der Waals surface area (Å²) in [6, 6.07) is 7.54. The van der Waals surface area contributed by atoms with Gasteiger partial charge in [0.25, 0.3) is 5.91 Å². The zero-order chi connectivity index (χ0) is 22.8. The number of nitrogens with zero attached hydrogens (tertiary/aromatic N) is 3. The van der Waals surface area contributed by atoms with Gasteiger partial charge in [0, 0.05) is 31.4 Å². The van der Waals surface area contributed by atoms with Crippen LogP contribution in [0, 0.1) is 18.3 Å². The number of esters is 1. The second-order valence-electron chi connectivity index (χ2n) is 8.09. The SMILES string of the molecule is Cc1c([C@@H](O)CN2CC[C@H](NC(=O)c3ccc(C#N)nc3)[C@H](F)C2)ccc2c1COC2=O. The Morgan fingerprint density at radius 3 is 2.94 bits per heavy atom. The van der Waals surface area contributed by atoms with Crippen LogP contribution in [-0.2, 0) is 11.3 Å². The number of fused-ring (bicyclic) bond motifs is 1. The van der Waals surface area contributed by atoms with E-state index in [0.717, 1.165) is 11.1 Å². The molecule has 166 valence electrons. The maximum Gasteiger partial charge on any atom is 0.338 e. The number of piperidine rings is 1. The second kappa shape index (κ2) is 9.02. The Morgan fingerprint density at radius 1 is 1.44 bits per heavy atom. The van der Waals surface area contributed by atoms with Crippen LogP contribution in [0.15, 0.2) is 30.5 Å². The van der Waals surface area contributed by atoms with Crippen LogP contribution in [0.1, 0.15) is 55.6 Å². The Kier molecular flexibility index (Phi) is 6.17. The van der Waals surface area contributed by atoms with Gasteiger partial charge in [-0.3, -0.25) is 9.69 Å². The van der Waals surface area contributed by atoms with Gasteiger partial charge in [-0.25, -0.2) is 14.2 Å². The normalized spacial score (nSPS) is 21.4. The Hall–Kier alpha value is -3.35. The van der Waals surface area contributed by atoms with Gasteiger partial charge in [-0.2, -0.15) is 5.26 Å². The molecular formula is C23H23FN4O4. The van der Waals surface area contributed by atoms with Crippen LogP contribution in [0.25, 0.3) is 0 Å². The fourth-order valence-electron chi connectivity index (χ4n) is 4.21. The van der Waals surface area contributed by atoms with Crippen LogP contribution in [0.5, 0.6) is 0 Å². The Labute approximate surface area is 184 Å². The fraction of sp³-hybridized carbons (Fsp3) is 0.391. The standard InChI is InChI=1S/C23H23FN4O4/c1-13-16(4-5-17-18(13)12-32-23(17)31)21(29)11-28-7-6-20(19(24)10-28)27-22(30)14-2-3-15(8-25)26-9-14/h2-5,9,19-21,29H,6-7,10-12H2,1H3,(H,27,30)/t19-,20+,21+/m1/s1. The summed E-state index contributed by atoms with van der Waals surface area (Å²) in [7, 11) is 0. The smallest absolute Gasteiger partial charge is 0.338 e. The van der Waals surface area contributed by atoms with Crippen molar-refractivity contribution in [3.63, 3.8) is 0 Å². The van der Waals surface area contributed by atoms with Gasteiger partial charge >= 0.3 is 5.97 Å². The van der Waals surface area contributed by atoms with Crippen molar-refractivity contribution in [3.05, 3.63) is 64.0 Å². The number of nitriles is 1. The van der Waals surface area contributed by atoms with Gasteiger partial charge in [0.15, 0.2) is 0 Å². The number of alkyl halides is 1. The first-order chi connectivity index (χ1) is 15.4. The largest absolute Gasteiger partial charge is 0.457 e. The van der Waals surface area contributed by atoms with E-state index in [-0.39, 0.29) is 36.9 Å². The number of hydrogen-bond acceptors (Lipinski definition) is 7. The second-order valence-corrected chi connectivity index (χ2v) is 8.09. The zero-order valence-electron chi connectivity index (χ0n) is 17.5. The number of halogens is 1. The zero-order valence-corrected chi connectivity index (χ0v) is 17.5. The van der Waals surface area contributed by atoms with Crippen LogP contribution < -0.4 is 5.32 Å².